The number of nitrogens with zero attached hydrogens (tertiary/aromatic N) is 5. The normalized spacial score (nSPS) is 12.2. The Morgan fingerprint density at radius 2 is 0.642 bits per heavy atom. The summed E-state index contributed by atoms with van der Waals surface area (Å²) in [5.74, 6) is 0. The first-order valence-corrected chi connectivity index (χ1v) is 23.0. The molecule has 10 aromatic carbocycles. The van der Waals surface area contributed by atoms with Gasteiger partial charge in [-0.25, -0.2) is 0 Å². The van der Waals surface area contributed by atoms with Crippen LogP contribution in [0, 0.1) is 0 Å². The smallest absolute Gasteiger partial charge is 0.131 e. The third-order valence-electron chi connectivity index (χ3n) is 14.3. The first-order valence-electron chi connectivity index (χ1n) is 23.0. The van der Waals surface area contributed by atoms with Gasteiger partial charge in [-0.05, 0) is 96.6 Å². The molecular formula is C62H39N5. The van der Waals surface area contributed by atoms with Crippen LogP contribution in [0.5, 0.6) is 0 Å². The molecule has 0 spiro atoms. The zero-order valence-corrected chi connectivity index (χ0v) is 36.3. The highest BCUT2D eigenvalue weighted by molar-refractivity contribution is 6.22. The molecule has 0 aliphatic carbocycles. The van der Waals surface area contributed by atoms with Crippen molar-refractivity contribution in [2.24, 2.45) is 0 Å². The van der Waals surface area contributed by atoms with Gasteiger partial charge in [0, 0.05) is 66.0 Å². The van der Waals surface area contributed by atoms with Crippen molar-refractivity contribution < 1.29 is 0 Å². The van der Waals surface area contributed by atoms with Crippen LogP contribution in [-0.4, -0.2) is 22.7 Å². The van der Waals surface area contributed by atoms with E-state index in [9.17, 15) is 0 Å². The number of benzene rings is 10. The molecule has 312 valence electrons. The van der Waals surface area contributed by atoms with Crippen molar-refractivity contribution in [3.8, 4) is 33.9 Å². The standard InChI is InChI=1S/C62H39N5/c1-3-18-40(19-4-1)63-55-32-16-11-26-48(55)60-50(27-17-33-57(60)63)61-49-36-34-42(64-51-28-12-7-22-44(51)45-23-8-13-29-52(45)64)38-58(49)67-59-39-43(35-37-56(59)66(62(61)67)41-20-5-2-6-21-41)65-53-30-14-9-24-46(53)47-25-10-15-31-54(47)65/h1-39H. The van der Waals surface area contributed by atoms with Gasteiger partial charge in [-0.1, -0.05) is 146 Å². The summed E-state index contributed by atoms with van der Waals surface area (Å²) in [6.07, 6.45) is 0. The Bertz CT molecular complexity index is 4390. The molecule has 0 atom stereocenters. The molecule has 5 heteroatoms. The summed E-state index contributed by atoms with van der Waals surface area (Å²) in [6, 6.07) is 86.8. The molecule has 0 saturated heterocycles. The fraction of sp³-hybridized carbons (Fsp3) is 0. The molecule has 5 heterocycles. The topological polar surface area (TPSA) is 24.1 Å². The highest BCUT2D eigenvalue weighted by Crippen LogP contribution is 2.47. The van der Waals surface area contributed by atoms with Crippen LogP contribution in [0.3, 0.4) is 0 Å². The average molecular weight is 854 g/mol. The Balaban J connectivity index is 1.13. The summed E-state index contributed by atoms with van der Waals surface area (Å²) in [5, 5.41) is 8.64. The Morgan fingerprint density at radius 3 is 1.19 bits per heavy atom. The van der Waals surface area contributed by atoms with Crippen molar-refractivity contribution in [1.29, 1.82) is 0 Å². The molecule has 0 fully saturated rings. The van der Waals surface area contributed by atoms with Gasteiger partial charge >= 0.3 is 0 Å². The van der Waals surface area contributed by atoms with Gasteiger partial charge in [0.05, 0.1) is 49.7 Å². The van der Waals surface area contributed by atoms with Crippen LogP contribution in [0.25, 0.3) is 127 Å². The second kappa shape index (κ2) is 13.7. The zero-order chi connectivity index (χ0) is 43.7. The summed E-state index contributed by atoms with van der Waals surface area (Å²) in [4.78, 5) is 0. The molecule has 5 nitrogen and oxygen atoms in total. The number of hydrogen-bond donors (Lipinski definition) is 0. The first kappa shape index (κ1) is 36.3. The molecule has 0 amide bonds. The summed E-state index contributed by atoms with van der Waals surface area (Å²) in [5.41, 5.74) is 18.5. The van der Waals surface area contributed by atoms with Crippen molar-refractivity contribution >= 4 is 93.0 Å². The fourth-order valence-electron chi connectivity index (χ4n) is 11.6. The van der Waals surface area contributed by atoms with E-state index in [1.165, 1.54) is 81.9 Å². The SMILES string of the molecule is c1ccc(-n2c3ccccc3c3c(-c4c5ccc(-n6c7ccccc7c7ccccc76)cc5n5c6cc(-n7c8ccccc8c8ccccc87)ccc6n(-c6ccccc6)c45)cccc32)cc1. The Labute approximate surface area is 384 Å². The van der Waals surface area contributed by atoms with Crippen LogP contribution in [0.1, 0.15) is 0 Å². The Hall–Kier alpha value is -9.06. The van der Waals surface area contributed by atoms with Crippen LogP contribution in [0.2, 0.25) is 0 Å². The lowest BCUT2D eigenvalue weighted by Gasteiger charge is -2.12. The van der Waals surface area contributed by atoms with E-state index in [-0.39, 0.29) is 0 Å². The minimum atomic E-state index is 1.11. The van der Waals surface area contributed by atoms with Crippen molar-refractivity contribution in [3.05, 3.63) is 237 Å². The van der Waals surface area contributed by atoms with E-state index in [4.69, 9.17) is 0 Å². The zero-order valence-electron chi connectivity index (χ0n) is 36.3. The molecule has 15 rings (SSSR count). The molecule has 0 aliphatic heterocycles. The first-order chi connectivity index (χ1) is 33.3. The lowest BCUT2D eigenvalue weighted by molar-refractivity contribution is 1.15. The van der Waals surface area contributed by atoms with Crippen LogP contribution in [0.15, 0.2) is 237 Å². The van der Waals surface area contributed by atoms with E-state index in [0.29, 0.717) is 0 Å². The number of imidazole rings is 1. The number of aromatic nitrogens is 5. The maximum absolute atomic E-state index is 2.55. The molecular weight excluding hydrogens is 815 g/mol. The number of fused-ring (bicyclic) bond motifs is 14. The molecule has 0 N–H and O–H groups in total. The summed E-state index contributed by atoms with van der Waals surface area (Å²) >= 11 is 0. The lowest BCUT2D eigenvalue weighted by Crippen LogP contribution is -1.97. The summed E-state index contributed by atoms with van der Waals surface area (Å²) < 4.78 is 12.4. The van der Waals surface area contributed by atoms with Crippen LogP contribution in [-0.2, 0) is 0 Å². The number of rotatable bonds is 5. The van der Waals surface area contributed by atoms with Crippen molar-refractivity contribution in [2.75, 3.05) is 0 Å². The highest BCUT2D eigenvalue weighted by Gasteiger charge is 2.27. The number of hydrogen-bond acceptors (Lipinski definition) is 0. The third-order valence-corrected chi connectivity index (χ3v) is 14.3. The van der Waals surface area contributed by atoms with Gasteiger partial charge in [0.15, 0.2) is 0 Å². The predicted octanol–water partition coefficient (Wildman–Crippen LogP) is 16.0. The van der Waals surface area contributed by atoms with E-state index in [0.717, 1.165) is 44.9 Å². The van der Waals surface area contributed by atoms with Crippen molar-refractivity contribution in [3.63, 3.8) is 0 Å². The molecule has 0 aliphatic rings. The second-order valence-electron chi connectivity index (χ2n) is 17.7. The Morgan fingerprint density at radius 1 is 0.224 bits per heavy atom. The van der Waals surface area contributed by atoms with E-state index >= 15 is 0 Å². The molecule has 0 radical (unpaired) electrons. The predicted molar refractivity (Wildman–Crippen MR) is 280 cm³/mol. The van der Waals surface area contributed by atoms with Gasteiger partial charge in [0.1, 0.15) is 5.65 Å². The minimum Gasteiger partial charge on any atom is -0.309 e. The van der Waals surface area contributed by atoms with Crippen molar-refractivity contribution in [2.45, 2.75) is 0 Å². The maximum atomic E-state index is 2.55. The fourth-order valence-corrected chi connectivity index (χ4v) is 11.6. The van der Waals surface area contributed by atoms with Crippen LogP contribution in [0.4, 0.5) is 0 Å². The van der Waals surface area contributed by atoms with Gasteiger partial charge in [0.25, 0.3) is 0 Å². The van der Waals surface area contributed by atoms with E-state index in [1.807, 2.05) is 0 Å². The minimum absolute atomic E-state index is 1.11. The van der Waals surface area contributed by atoms with E-state index < -0.39 is 0 Å². The lowest BCUT2D eigenvalue weighted by atomic mass is 9.98. The van der Waals surface area contributed by atoms with Crippen LogP contribution < -0.4 is 0 Å². The molecule has 0 bridgehead atoms. The summed E-state index contributed by atoms with van der Waals surface area (Å²) in [6.45, 7) is 0. The van der Waals surface area contributed by atoms with E-state index in [1.54, 1.807) is 0 Å². The molecule has 5 aromatic heterocycles. The molecule has 0 unspecified atom stereocenters. The molecule has 15 aromatic rings. The maximum Gasteiger partial charge on any atom is 0.131 e. The average Bonchev–Trinajstić information content (AvgIpc) is 4.18. The molecule has 67 heavy (non-hydrogen) atoms. The number of para-hydroxylation sites is 7. The van der Waals surface area contributed by atoms with Gasteiger partial charge in [0.2, 0.25) is 0 Å². The van der Waals surface area contributed by atoms with Gasteiger partial charge < -0.3 is 13.7 Å². The second-order valence-corrected chi connectivity index (χ2v) is 17.7. The van der Waals surface area contributed by atoms with Gasteiger partial charge in [-0.3, -0.25) is 8.97 Å². The quantitative estimate of drug-likeness (QED) is 0.165. The van der Waals surface area contributed by atoms with Crippen LogP contribution >= 0.6 is 0 Å². The molecule has 0 saturated carbocycles. The van der Waals surface area contributed by atoms with Gasteiger partial charge in [-0.15, -0.1) is 0 Å². The third kappa shape index (κ3) is 4.97. The summed E-state index contributed by atoms with van der Waals surface area (Å²) in [7, 11) is 0. The van der Waals surface area contributed by atoms with Gasteiger partial charge in [-0.2, -0.15) is 0 Å². The van der Waals surface area contributed by atoms with E-state index in [2.05, 4.69) is 259 Å². The highest BCUT2D eigenvalue weighted by atomic mass is 15.1. The Kier molecular flexibility index (Phi) is 7.44. The van der Waals surface area contributed by atoms with Crippen molar-refractivity contribution in [1.82, 2.24) is 22.7 Å². The monoisotopic (exact) mass is 853 g/mol. The largest absolute Gasteiger partial charge is 0.309 e.